The summed E-state index contributed by atoms with van der Waals surface area (Å²) < 4.78 is 1.26. The molecular weight excluding hydrogens is 418 g/mol. The number of hydrogen-bond donors (Lipinski definition) is 2. The lowest BCUT2D eigenvalue weighted by molar-refractivity contribution is 0.0990. The molecule has 33 heavy (non-hydrogen) atoms. The predicted octanol–water partition coefficient (Wildman–Crippen LogP) is 4.86. The molecule has 2 aromatic heterocycles. The lowest BCUT2D eigenvalue weighted by Crippen LogP contribution is -2.26. The van der Waals surface area contributed by atoms with Gasteiger partial charge in [-0.05, 0) is 24.1 Å². The maximum absolute atomic E-state index is 13.1. The van der Waals surface area contributed by atoms with Gasteiger partial charge in [0, 0.05) is 10.8 Å². The van der Waals surface area contributed by atoms with Gasteiger partial charge in [-0.3, -0.25) is 9.59 Å². The minimum Gasteiger partial charge on any atom is -0.493 e. The maximum Gasteiger partial charge on any atom is 0.316 e. The topological polar surface area (TPSA) is 113 Å². The highest BCUT2D eigenvalue weighted by Gasteiger charge is 2.18. The molecule has 2 heterocycles. The Morgan fingerprint density at radius 1 is 0.970 bits per heavy atom. The number of carbonyl (C=O) groups is 1. The van der Waals surface area contributed by atoms with Gasteiger partial charge >= 0.3 is 5.91 Å². The van der Waals surface area contributed by atoms with Crippen molar-refractivity contribution in [1.82, 2.24) is 14.8 Å². The Morgan fingerprint density at radius 3 is 2.45 bits per heavy atom. The Labute approximate surface area is 187 Å². The van der Waals surface area contributed by atoms with Gasteiger partial charge in [0.25, 0.3) is 5.56 Å². The third kappa shape index (κ3) is 3.67. The number of fused-ring (bicyclic) bond motifs is 2. The van der Waals surface area contributed by atoms with E-state index in [4.69, 9.17) is 0 Å². The third-order valence-corrected chi connectivity index (χ3v) is 5.48. The number of aryl methyl sites for hydroxylation is 1. The molecule has 5 rings (SSSR count). The van der Waals surface area contributed by atoms with Gasteiger partial charge in [0.15, 0.2) is 11.4 Å². The molecule has 2 N–H and O–H groups in total. The fraction of sp³-hybridized carbons (Fsp3) is 0.0800. The second-order valence-corrected chi connectivity index (χ2v) is 7.67. The third-order valence-electron chi connectivity index (χ3n) is 5.48. The fourth-order valence-electron chi connectivity index (χ4n) is 3.84. The summed E-state index contributed by atoms with van der Waals surface area (Å²) >= 11 is 0. The van der Waals surface area contributed by atoms with Crippen molar-refractivity contribution in [2.75, 3.05) is 0 Å². The van der Waals surface area contributed by atoms with Crippen molar-refractivity contribution in [3.63, 3.8) is 0 Å². The maximum atomic E-state index is 13.1. The predicted molar refractivity (Wildman–Crippen MR) is 125 cm³/mol. The van der Waals surface area contributed by atoms with Crippen molar-refractivity contribution in [1.29, 1.82) is 0 Å². The molecule has 0 aliphatic carbocycles. The minimum absolute atomic E-state index is 0.0143. The molecule has 0 fully saturated rings. The van der Waals surface area contributed by atoms with Crippen molar-refractivity contribution < 1.29 is 9.90 Å². The van der Waals surface area contributed by atoms with E-state index in [1.165, 1.54) is 4.68 Å². The zero-order valence-corrected chi connectivity index (χ0v) is 17.7. The molecule has 0 spiro atoms. The Kier molecular flexibility index (Phi) is 5.02. The van der Waals surface area contributed by atoms with Gasteiger partial charge in [0.1, 0.15) is 0 Å². The van der Waals surface area contributed by atoms with E-state index in [1.807, 2.05) is 49.4 Å². The van der Waals surface area contributed by atoms with Crippen LogP contribution < -0.4 is 5.56 Å². The van der Waals surface area contributed by atoms with E-state index in [0.717, 1.165) is 16.6 Å². The number of azo groups is 1. The highest BCUT2D eigenvalue weighted by Crippen LogP contribution is 2.36. The van der Waals surface area contributed by atoms with Gasteiger partial charge in [-0.25, -0.2) is 4.68 Å². The lowest BCUT2D eigenvalue weighted by Gasteiger charge is -2.09. The monoisotopic (exact) mass is 437 g/mol. The summed E-state index contributed by atoms with van der Waals surface area (Å²) in [5, 5.41) is 23.9. The van der Waals surface area contributed by atoms with Crippen molar-refractivity contribution in [2.45, 2.75) is 13.5 Å². The number of aromatic amines is 1. The standard InChI is InChI=1S/C25H19N5O3/c1-15-8-7-13-19-20(15)26-23(31)21(19)27-28-24(32)22-17-11-5-6-12-18(17)25(33)30(29-22)14-16-9-3-2-4-10-16/h2-13,26,31H,14H2,1H3. The molecule has 0 saturated carbocycles. The normalized spacial score (nSPS) is 11.5. The number of aromatic hydroxyl groups is 1. The number of hydrogen-bond acceptors (Lipinski definition) is 5. The van der Waals surface area contributed by atoms with Crippen LogP contribution in [0, 0.1) is 6.92 Å². The summed E-state index contributed by atoms with van der Waals surface area (Å²) in [6, 6.07) is 21.7. The Morgan fingerprint density at radius 2 is 1.67 bits per heavy atom. The van der Waals surface area contributed by atoms with Crippen LogP contribution >= 0.6 is 0 Å². The molecule has 162 valence electrons. The van der Waals surface area contributed by atoms with Gasteiger partial charge in [-0.15, -0.1) is 10.2 Å². The Balaban J connectivity index is 1.59. The first kappa shape index (κ1) is 20.3. The zero-order valence-electron chi connectivity index (χ0n) is 17.7. The summed E-state index contributed by atoms with van der Waals surface area (Å²) in [7, 11) is 0. The number of nitrogens with one attached hydrogen (secondary N) is 1. The molecule has 5 aromatic rings. The summed E-state index contributed by atoms with van der Waals surface area (Å²) in [6.07, 6.45) is 0. The van der Waals surface area contributed by atoms with Gasteiger partial charge in [-0.2, -0.15) is 5.10 Å². The number of H-pyrrole nitrogens is 1. The van der Waals surface area contributed by atoms with Gasteiger partial charge in [0.2, 0.25) is 5.88 Å². The van der Waals surface area contributed by atoms with Crippen LogP contribution in [0.25, 0.3) is 21.7 Å². The van der Waals surface area contributed by atoms with E-state index in [0.29, 0.717) is 16.2 Å². The van der Waals surface area contributed by atoms with E-state index in [2.05, 4.69) is 20.3 Å². The number of rotatable bonds is 4. The lowest BCUT2D eigenvalue weighted by atomic mass is 10.1. The average Bonchev–Trinajstić information content (AvgIpc) is 3.16. The van der Waals surface area contributed by atoms with Crippen LogP contribution in [0.2, 0.25) is 0 Å². The van der Waals surface area contributed by atoms with E-state index < -0.39 is 5.91 Å². The largest absolute Gasteiger partial charge is 0.493 e. The van der Waals surface area contributed by atoms with Crippen LogP contribution in [0.15, 0.2) is 87.8 Å². The SMILES string of the molecule is Cc1cccc2c(N=NC(=O)c3nn(Cc4ccccc4)c(=O)c4ccccc34)c(O)[nH]c12. The highest BCUT2D eigenvalue weighted by atomic mass is 16.3. The first-order chi connectivity index (χ1) is 16.0. The number of nitrogens with zero attached hydrogens (tertiary/aromatic N) is 4. The molecule has 0 radical (unpaired) electrons. The van der Waals surface area contributed by atoms with Gasteiger partial charge in [0.05, 0.1) is 17.4 Å². The van der Waals surface area contributed by atoms with Crippen LogP contribution in [-0.4, -0.2) is 25.8 Å². The molecular formula is C25H19N5O3. The number of para-hydroxylation sites is 1. The molecule has 0 bridgehead atoms. The quantitative estimate of drug-likeness (QED) is 0.391. The number of amides is 1. The minimum atomic E-state index is -0.714. The molecule has 1 amide bonds. The highest BCUT2D eigenvalue weighted by molar-refractivity contribution is 6.05. The first-order valence-corrected chi connectivity index (χ1v) is 10.3. The van der Waals surface area contributed by atoms with E-state index in [9.17, 15) is 14.7 Å². The van der Waals surface area contributed by atoms with Crippen LogP contribution in [0.1, 0.15) is 21.6 Å². The molecule has 8 heteroatoms. The second-order valence-electron chi connectivity index (χ2n) is 7.67. The van der Waals surface area contributed by atoms with E-state index in [-0.39, 0.29) is 29.4 Å². The number of aromatic nitrogens is 3. The molecule has 0 atom stereocenters. The Hall–Kier alpha value is -4.59. The summed E-state index contributed by atoms with van der Waals surface area (Å²) in [5.74, 6) is -0.892. The molecule has 8 nitrogen and oxygen atoms in total. The van der Waals surface area contributed by atoms with Crippen molar-refractivity contribution >= 4 is 33.3 Å². The van der Waals surface area contributed by atoms with E-state index in [1.54, 1.807) is 30.3 Å². The van der Waals surface area contributed by atoms with Gasteiger partial charge < -0.3 is 10.1 Å². The number of benzene rings is 3. The molecule has 0 aliphatic rings. The summed E-state index contributed by atoms with van der Waals surface area (Å²) in [6.45, 7) is 2.11. The van der Waals surface area contributed by atoms with Crippen LogP contribution in [-0.2, 0) is 6.54 Å². The van der Waals surface area contributed by atoms with Gasteiger partial charge in [-0.1, -0.05) is 66.7 Å². The zero-order chi connectivity index (χ0) is 22.9. The van der Waals surface area contributed by atoms with E-state index >= 15 is 0 Å². The van der Waals surface area contributed by atoms with Crippen molar-refractivity contribution in [2.24, 2.45) is 10.2 Å². The van der Waals surface area contributed by atoms with Crippen LogP contribution in [0.5, 0.6) is 5.88 Å². The molecule has 0 aliphatic heterocycles. The average molecular weight is 437 g/mol. The smallest absolute Gasteiger partial charge is 0.316 e. The fourth-order valence-corrected chi connectivity index (χ4v) is 3.84. The molecule has 3 aromatic carbocycles. The second kappa shape index (κ2) is 8.16. The first-order valence-electron chi connectivity index (χ1n) is 10.3. The molecule has 0 saturated heterocycles. The van der Waals surface area contributed by atoms with Crippen LogP contribution in [0.4, 0.5) is 5.69 Å². The van der Waals surface area contributed by atoms with Crippen molar-refractivity contribution in [3.8, 4) is 5.88 Å². The summed E-state index contributed by atoms with van der Waals surface area (Å²) in [4.78, 5) is 28.9. The molecule has 0 unspecified atom stereocenters. The Bertz CT molecular complexity index is 1600. The summed E-state index contributed by atoms with van der Waals surface area (Å²) in [5.41, 5.74) is 2.41. The van der Waals surface area contributed by atoms with Crippen LogP contribution in [0.3, 0.4) is 0 Å². The number of carbonyl (C=O) groups excluding carboxylic acids is 1. The van der Waals surface area contributed by atoms with Crippen molar-refractivity contribution in [3.05, 3.63) is 100.0 Å².